The molecule has 4 nitrogen and oxygen atoms in total. The lowest BCUT2D eigenvalue weighted by Crippen LogP contribution is -2.16. The number of esters is 2. The van der Waals surface area contributed by atoms with Gasteiger partial charge in [-0.1, -0.05) is 40.5 Å². The molecule has 4 heteroatoms. The van der Waals surface area contributed by atoms with Gasteiger partial charge in [0.2, 0.25) is 0 Å². The summed E-state index contributed by atoms with van der Waals surface area (Å²) in [4.78, 5) is 20.8. The molecular formula is C17H34O4. The van der Waals surface area contributed by atoms with Crippen LogP contribution in [0.1, 0.15) is 80.1 Å². The van der Waals surface area contributed by atoms with Gasteiger partial charge in [0.15, 0.2) is 0 Å². The molecule has 0 spiro atoms. The Morgan fingerprint density at radius 3 is 1.90 bits per heavy atom. The molecule has 21 heavy (non-hydrogen) atoms. The first-order chi connectivity index (χ1) is 9.83. The zero-order valence-electron chi connectivity index (χ0n) is 14.7. The Kier molecular flexibility index (Phi) is 16.2. The van der Waals surface area contributed by atoms with E-state index in [-0.39, 0.29) is 18.0 Å². The third-order valence-electron chi connectivity index (χ3n) is 2.81. The van der Waals surface area contributed by atoms with E-state index in [2.05, 4.69) is 32.4 Å². The van der Waals surface area contributed by atoms with Crippen molar-refractivity contribution in [3.8, 4) is 0 Å². The van der Waals surface area contributed by atoms with E-state index in [1.54, 1.807) is 0 Å². The third kappa shape index (κ3) is 21.4. The zero-order chi connectivity index (χ0) is 16.7. The van der Waals surface area contributed by atoms with Crippen molar-refractivity contribution in [1.82, 2.24) is 0 Å². The van der Waals surface area contributed by atoms with Gasteiger partial charge in [-0.2, -0.15) is 0 Å². The van der Waals surface area contributed by atoms with Crippen molar-refractivity contribution >= 4 is 11.9 Å². The van der Waals surface area contributed by atoms with Crippen LogP contribution in [-0.2, 0) is 19.1 Å². The summed E-state index contributed by atoms with van der Waals surface area (Å²) < 4.78 is 9.85. The molecule has 0 rings (SSSR count). The van der Waals surface area contributed by atoms with Crippen molar-refractivity contribution in [2.45, 2.75) is 86.2 Å². The van der Waals surface area contributed by atoms with E-state index in [0.29, 0.717) is 12.5 Å². The zero-order valence-corrected chi connectivity index (χ0v) is 14.7. The minimum Gasteiger partial charge on any atom is -0.466 e. The summed E-state index contributed by atoms with van der Waals surface area (Å²) in [6.45, 7) is 12.0. The number of ether oxygens (including phenoxy) is 2. The minimum absolute atomic E-state index is 0.143. The number of rotatable bonds is 9. The highest BCUT2D eigenvalue weighted by Gasteiger charge is 2.11. The average molecular weight is 302 g/mol. The molecule has 0 aliphatic rings. The summed E-state index contributed by atoms with van der Waals surface area (Å²) in [6, 6.07) is 0. The van der Waals surface area contributed by atoms with Gasteiger partial charge in [0.25, 0.3) is 0 Å². The molecule has 1 unspecified atom stereocenters. The smallest absolute Gasteiger partial charge is 0.302 e. The summed E-state index contributed by atoms with van der Waals surface area (Å²) in [5.41, 5.74) is 0. The molecule has 0 aromatic rings. The van der Waals surface area contributed by atoms with E-state index in [1.165, 1.54) is 13.8 Å². The monoisotopic (exact) mass is 302 g/mol. The molecule has 0 saturated heterocycles. The molecule has 0 fully saturated rings. The van der Waals surface area contributed by atoms with Gasteiger partial charge in [0, 0.05) is 13.8 Å². The van der Waals surface area contributed by atoms with Crippen molar-refractivity contribution in [1.29, 1.82) is 0 Å². The fraction of sp³-hybridized carbons (Fsp3) is 0.882. The van der Waals surface area contributed by atoms with E-state index in [9.17, 15) is 9.59 Å². The quantitative estimate of drug-likeness (QED) is 0.464. The van der Waals surface area contributed by atoms with E-state index in [1.807, 2.05) is 0 Å². The fourth-order valence-electron chi connectivity index (χ4n) is 1.70. The molecule has 0 aromatic carbocycles. The summed E-state index contributed by atoms with van der Waals surface area (Å²) in [5, 5.41) is 0. The number of hydrogen-bond acceptors (Lipinski definition) is 4. The molecule has 0 aliphatic heterocycles. The average Bonchev–Trinajstić information content (AvgIpc) is 2.36. The third-order valence-corrected chi connectivity index (χ3v) is 2.81. The van der Waals surface area contributed by atoms with Crippen LogP contribution in [-0.4, -0.2) is 24.6 Å². The highest BCUT2D eigenvalue weighted by atomic mass is 16.5. The van der Waals surface area contributed by atoms with Gasteiger partial charge in [-0.15, -0.1) is 0 Å². The fourth-order valence-corrected chi connectivity index (χ4v) is 1.70. The van der Waals surface area contributed by atoms with Crippen LogP contribution in [0.4, 0.5) is 0 Å². The molecule has 0 heterocycles. The molecule has 0 aliphatic carbocycles. The lowest BCUT2D eigenvalue weighted by atomic mass is 10.0. The lowest BCUT2D eigenvalue weighted by molar-refractivity contribution is -0.147. The second-order valence-electron chi connectivity index (χ2n) is 5.68. The van der Waals surface area contributed by atoms with Gasteiger partial charge >= 0.3 is 11.9 Å². The topological polar surface area (TPSA) is 52.6 Å². The minimum atomic E-state index is -0.182. The van der Waals surface area contributed by atoms with E-state index in [0.717, 1.165) is 38.5 Å². The maximum absolute atomic E-state index is 10.8. The van der Waals surface area contributed by atoms with E-state index >= 15 is 0 Å². The summed E-state index contributed by atoms with van der Waals surface area (Å²) >= 11 is 0. The molecule has 0 N–H and O–H groups in total. The Bertz CT molecular complexity index is 262. The van der Waals surface area contributed by atoms with Crippen LogP contribution in [0.2, 0.25) is 0 Å². The van der Waals surface area contributed by atoms with Crippen LogP contribution in [0.25, 0.3) is 0 Å². The van der Waals surface area contributed by atoms with E-state index < -0.39 is 0 Å². The van der Waals surface area contributed by atoms with Crippen LogP contribution in [0, 0.1) is 5.92 Å². The SMILES string of the molecule is CCCC(CCC(C)C)OC(C)=O.CCCCOC(C)=O. The number of carbonyl (C=O) groups is 2. The maximum atomic E-state index is 10.8. The number of carbonyl (C=O) groups excluding carboxylic acids is 2. The van der Waals surface area contributed by atoms with Gasteiger partial charge in [0.1, 0.15) is 6.10 Å². The first-order valence-electron chi connectivity index (χ1n) is 8.13. The molecule has 1 atom stereocenters. The second-order valence-corrected chi connectivity index (χ2v) is 5.68. The van der Waals surface area contributed by atoms with Crippen LogP contribution in [0.3, 0.4) is 0 Å². The highest BCUT2D eigenvalue weighted by molar-refractivity contribution is 5.66. The van der Waals surface area contributed by atoms with Gasteiger partial charge < -0.3 is 9.47 Å². The molecule has 0 amide bonds. The highest BCUT2D eigenvalue weighted by Crippen LogP contribution is 2.13. The normalized spacial score (nSPS) is 11.4. The van der Waals surface area contributed by atoms with Crippen LogP contribution in [0.15, 0.2) is 0 Å². The second kappa shape index (κ2) is 15.3. The van der Waals surface area contributed by atoms with Crippen LogP contribution < -0.4 is 0 Å². The van der Waals surface area contributed by atoms with Crippen molar-refractivity contribution in [2.24, 2.45) is 5.92 Å². The van der Waals surface area contributed by atoms with Crippen molar-refractivity contribution in [2.75, 3.05) is 6.61 Å². The first-order valence-corrected chi connectivity index (χ1v) is 8.13. The Labute approximate surface area is 130 Å². The Morgan fingerprint density at radius 1 is 0.905 bits per heavy atom. The van der Waals surface area contributed by atoms with Crippen molar-refractivity contribution < 1.29 is 19.1 Å². The van der Waals surface area contributed by atoms with Gasteiger partial charge in [-0.3, -0.25) is 9.59 Å². The largest absolute Gasteiger partial charge is 0.466 e. The molecule has 0 saturated carbocycles. The molecule has 0 aromatic heterocycles. The van der Waals surface area contributed by atoms with Crippen LogP contribution in [0.5, 0.6) is 0 Å². The Balaban J connectivity index is 0. The summed E-state index contributed by atoms with van der Waals surface area (Å²) in [6.07, 6.45) is 6.41. The number of unbranched alkanes of at least 4 members (excludes halogenated alkanes) is 1. The molecule has 126 valence electrons. The summed E-state index contributed by atoms with van der Waals surface area (Å²) in [7, 11) is 0. The number of hydrogen-bond donors (Lipinski definition) is 0. The molecule has 0 radical (unpaired) electrons. The van der Waals surface area contributed by atoms with Crippen molar-refractivity contribution in [3.63, 3.8) is 0 Å². The molecular weight excluding hydrogens is 268 g/mol. The maximum Gasteiger partial charge on any atom is 0.302 e. The summed E-state index contributed by atoms with van der Waals surface area (Å²) in [5.74, 6) is 0.357. The van der Waals surface area contributed by atoms with Crippen LogP contribution >= 0.6 is 0 Å². The van der Waals surface area contributed by atoms with Crippen molar-refractivity contribution in [3.05, 3.63) is 0 Å². The standard InChI is InChI=1S/C11H22O2.C6H12O2/c1-5-6-11(13-10(4)12)8-7-9(2)3;1-3-4-5-8-6(2)7/h9,11H,5-8H2,1-4H3;3-5H2,1-2H3. The van der Waals surface area contributed by atoms with Gasteiger partial charge in [0.05, 0.1) is 6.61 Å². The van der Waals surface area contributed by atoms with Gasteiger partial charge in [-0.05, 0) is 31.6 Å². The van der Waals surface area contributed by atoms with E-state index in [4.69, 9.17) is 4.74 Å². The Hall–Kier alpha value is -1.06. The lowest BCUT2D eigenvalue weighted by Gasteiger charge is -2.17. The Morgan fingerprint density at radius 2 is 1.52 bits per heavy atom. The van der Waals surface area contributed by atoms with Gasteiger partial charge in [-0.25, -0.2) is 0 Å². The predicted octanol–water partition coefficient (Wildman–Crippen LogP) is 4.50. The first kappa shape index (κ1) is 22.2. The predicted molar refractivity (Wildman–Crippen MR) is 86.1 cm³/mol. The molecule has 0 bridgehead atoms.